The SMILES string of the molecule is COC(=O)[C@@H]1C[C@H](CN)C[C@H](C(=O)OC)N1. The number of hydrogen-bond acceptors (Lipinski definition) is 6. The summed E-state index contributed by atoms with van der Waals surface area (Å²) in [5, 5.41) is 2.91. The number of carbonyl (C=O) groups is 2. The molecule has 92 valence electrons. The van der Waals surface area contributed by atoms with Crippen LogP contribution < -0.4 is 11.1 Å². The summed E-state index contributed by atoms with van der Waals surface area (Å²) in [7, 11) is 2.65. The quantitative estimate of drug-likeness (QED) is 0.606. The highest BCUT2D eigenvalue weighted by Gasteiger charge is 2.35. The van der Waals surface area contributed by atoms with Crippen LogP contribution in [0.3, 0.4) is 0 Å². The van der Waals surface area contributed by atoms with E-state index in [1.54, 1.807) is 0 Å². The first kappa shape index (κ1) is 12.9. The second kappa shape index (κ2) is 5.81. The van der Waals surface area contributed by atoms with Gasteiger partial charge in [-0.05, 0) is 25.3 Å². The van der Waals surface area contributed by atoms with Crippen molar-refractivity contribution in [1.29, 1.82) is 0 Å². The molecule has 0 saturated carbocycles. The van der Waals surface area contributed by atoms with Crippen LogP contribution in [-0.2, 0) is 19.1 Å². The van der Waals surface area contributed by atoms with Gasteiger partial charge >= 0.3 is 11.9 Å². The van der Waals surface area contributed by atoms with E-state index >= 15 is 0 Å². The minimum atomic E-state index is -0.476. The Morgan fingerprint density at radius 3 is 1.94 bits per heavy atom. The molecule has 0 aromatic heterocycles. The summed E-state index contributed by atoms with van der Waals surface area (Å²) in [6.45, 7) is 0.447. The van der Waals surface area contributed by atoms with Crippen LogP contribution >= 0.6 is 0 Å². The van der Waals surface area contributed by atoms with Crippen molar-refractivity contribution in [3.63, 3.8) is 0 Å². The molecule has 1 fully saturated rings. The smallest absolute Gasteiger partial charge is 0.322 e. The fourth-order valence-electron chi connectivity index (χ4n) is 1.95. The first-order valence-electron chi connectivity index (χ1n) is 5.24. The molecule has 0 radical (unpaired) electrons. The maximum atomic E-state index is 11.4. The zero-order valence-electron chi connectivity index (χ0n) is 9.56. The fraction of sp³-hybridized carbons (Fsp3) is 0.800. The summed E-state index contributed by atoms with van der Waals surface area (Å²) in [5.41, 5.74) is 5.58. The topological polar surface area (TPSA) is 90.7 Å². The molecular formula is C10H18N2O4. The van der Waals surface area contributed by atoms with Crippen LogP contribution in [0.25, 0.3) is 0 Å². The Balaban J connectivity index is 2.68. The molecule has 1 saturated heterocycles. The molecule has 1 rings (SSSR count). The third kappa shape index (κ3) is 2.93. The van der Waals surface area contributed by atoms with Crippen molar-refractivity contribution in [2.24, 2.45) is 11.7 Å². The van der Waals surface area contributed by atoms with Gasteiger partial charge in [-0.25, -0.2) is 0 Å². The minimum absolute atomic E-state index is 0.134. The van der Waals surface area contributed by atoms with Crippen LogP contribution in [0, 0.1) is 5.92 Å². The lowest BCUT2D eigenvalue weighted by Gasteiger charge is -2.32. The second-order valence-corrected chi connectivity index (χ2v) is 3.89. The van der Waals surface area contributed by atoms with Crippen LogP contribution in [0.5, 0.6) is 0 Å². The Morgan fingerprint density at radius 1 is 1.19 bits per heavy atom. The van der Waals surface area contributed by atoms with E-state index in [0.717, 1.165) is 0 Å². The van der Waals surface area contributed by atoms with E-state index in [2.05, 4.69) is 14.8 Å². The molecule has 16 heavy (non-hydrogen) atoms. The zero-order chi connectivity index (χ0) is 12.1. The van der Waals surface area contributed by atoms with E-state index in [1.165, 1.54) is 14.2 Å². The molecule has 3 N–H and O–H groups in total. The van der Waals surface area contributed by atoms with E-state index in [4.69, 9.17) is 5.73 Å². The van der Waals surface area contributed by atoms with Crippen LogP contribution in [0.15, 0.2) is 0 Å². The van der Waals surface area contributed by atoms with Gasteiger partial charge in [-0.15, -0.1) is 0 Å². The summed E-state index contributed by atoms with van der Waals surface area (Å²) in [4.78, 5) is 22.8. The summed E-state index contributed by atoms with van der Waals surface area (Å²) in [6.07, 6.45) is 1.19. The molecule has 6 heteroatoms. The van der Waals surface area contributed by atoms with Crippen LogP contribution in [0.1, 0.15) is 12.8 Å². The molecule has 1 aliphatic rings. The number of nitrogens with one attached hydrogen (secondary N) is 1. The predicted molar refractivity (Wildman–Crippen MR) is 56.5 cm³/mol. The molecule has 1 aliphatic heterocycles. The molecule has 0 spiro atoms. The van der Waals surface area contributed by atoms with E-state index < -0.39 is 12.1 Å². The first-order chi connectivity index (χ1) is 7.62. The zero-order valence-corrected chi connectivity index (χ0v) is 9.56. The number of ether oxygens (including phenoxy) is 2. The van der Waals surface area contributed by atoms with E-state index in [9.17, 15) is 9.59 Å². The minimum Gasteiger partial charge on any atom is -0.468 e. The predicted octanol–water partition coefficient (Wildman–Crippen LogP) is -0.972. The number of esters is 2. The number of carbonyl (C=O) groups excluding carboxylic acids is 2. The molecular weight excluding hydrogens is 212 g/mol. The summed E-state index contributed by atoms with van der Waals surface area (Å²) >= 11 is 0. The summed E-state index contributed by atoms with van der Waals surface area (Å²) < 4.78 is 9.30. The molecule has 6 nitrogen and oxygen atoms in total. The Labute approximate surface area is 94.5 Å². The maximum Gasteiger partial charge on any atom is 0.322 e. The van der Waals surface area contributed by atoms with Gasteiger partial charge in [0.25, 0.3) is 0 Å². The Kier molecular flexibility index (Phi) is 4.70. The van der Waals surface area contributed by atoms with Crippen molar-refractivity contribution < 1.29 is 19.1 Å². The van der Waals surface area contributed by atoms with Crippen LogP contribution in [-0.4, -0.2) is 44.8 Å². The summed E-state index contributed by atoms with van der Waals surface area (Å²) in [5.74, 6) is -0.603. The Morgan fingerprint density at radius 2 is 1.62 bits per heavy atom. The third-order valence-electron chi connectivity index (χ3n) is 2.85. The fourth-order valence-corrected chi connectivity index (χ4v) is 1.95. The average Bonchev–Trinajstić information content (AvgIpc) is 2.35. The van der Waals surface area contributed by atoms with Crippen molar-refractivity contribution in [2.75, 3.05) is 20.8 Å². The monoisotopic (exact) mass is 230 g/mol. The summed E-state index contributed by atoms with van der Waals surface area (Å²) in [6, 6.07) is -0.951. The molecule has 0 unspecified atom stereocenters. The van der Waals surface area contributed by atoms with E-state index in [1.807, 2.05) is 0 Å². The number of nitrogens with two attached hydrogens (primary N) is 1. The maximum absolute atomic E-state index is 11.4. The Hall–Kier alpha value is -1.14. The number of piperidine rings is 1. The van der Waals surface area contributed by atoms with Gasteiger partial charge in [-0.1, -0.05) is 0 Å². The molecule has 0 amide bonds. The van der Waals surface area contributed by atoms with Crippen molar-refractivity contribution in [3.05, 3.63) is 0 Å². The van der Waals surface area contributed by atoms with Crippen molar-refractivity contribution >= 4 is 11.9 Å². The van der Waals surface area contributed by atoms with Gasteiger partial charge in [0.1, 0.15) is 12.1 Å². The van der Waals surface area contributed by atoms with Gasteiger partial charge in [0.05, 0.1) is 14.2 Å². The van der Waals surface area contributed by atoms with Gasteiger partial charge in [-0.2, -0.15) is 0 Å². The van der Waals surface area contributed by atoms with E-state index in [-0.39, 0.29) is 17.9 Å². The van der Waals surface area contributed by atoms with Gasteiger partial charge in [0.2, 0.25) is 0 Å². The third-order valence-corrected chi connectivity index (χ3v) is 2.85. The number of hydrogen-bond donors (Lipinski definition) is 2. The van der Waals surface area contributed by atoms with Crippen molar-refractivity contribution in [3.8, 4) is 0 Å². The standard InChI is InChI=1S/C10H18N2O4/c1-15-9(13)7-3-6(5-11)4-8(12-7)10(14)16-2/h6-8,12H,3-5,11H2,1-2H3/t6-,7-,8+. The van der Waals surface area contributed by atoms with Crippen LogP contribution in [0.4, 0.5) is 0 Å². The van der Waals surface area contributed by atoms with Crippen LogP contribution in [0.2, 0.25) is 0 Å². The van der Waals surface area contributed by atoms with Gasteiger partial charge in [-0.3, -0.25) is 14.9 Å². The number of rotatable bonds is 3. The molecule has 0 aromatic carbocycles. The highest BCUT2D eigenvalue weighted by Crippen LogP contribution is 2.20. The van der Waals surface area contributed by atoms with Gasteiger partial charge < -0.3 is 15.2 Å². The molecule has 0 aliphatic carbocycles. The normalized spacial score (nSPS) is 29.6. The van der Waals surface area contributed by atoms with Gasteiger partial charge in [0, 0.05) is 0 Å². The Bertz CT molecular complexity index is 246. The molecule has 0 bridgehead atoms. The first-order valence-corrected chi connectivity index (χ1v) is 5.24. The van der Waals surface area contributed by atoms with Crippen molar-refractivity contribution in [1.82, 2.24) is 5.32 Å². The van der Waals surface area contributed by atoms with Crippen molar-refractivity contribution in [2.45, 2.75) is 24.9 Å². The van der Waals surface area contributed by atoms with Gasteiger partial charge in [0.15, 0.2) is 0 Å². The van der Waals surface area contributed by atoms with E-state index in [0.29, 0.717) is 19.4 Å². The molecule has 3 atom stereocenters. The second-order valence-electron chi connectivity index (χ2n) is 3.89. The lowest BCUT2D eigenvalue weighted by Crippen LogP contribution is -2.54. The molecule has 0 aromatic rings. The largest absolute Gasteiger partial charge is 0.468 e. The highest BCUT2D eigenvalue weighted by atomic mass is 16.5. The average molecular weight is 230 g/mol. The number of methoxy groups -OCH3 is 2. The lowest BCUT2D eigenvalue weighted by molar-refractivity contribution is -0.148. The molecule has 1 heterocycles. The highest BCUT2D eigenvalue weighted by molar-refractivity contribution is 5.80. The lowest BCUT2D eigenvalue weighted by atomic mass is 9.88.